The molecule has 2 aliphatic heterocycles. The normalized spacial score (nSPS) is 28.9. The molecule has 30 heavy (non-hydrogen) atoms. The second-order valence-electron chi connectivity index (χ2n) is 10.1. The number of ether oxygens (including phenoxy) is 3. The van der Waals surface area contributed by atoms with Crippen molar-refractivity contribution in [1.29, 1.82) is 0 Å². The van der Waals surface area contributed by atoms with Crippen LogP contribution in [-0.2, 0) is 23.8 Å². The third kappa shape index (κ3) is 4.90. The molecule has 0 aromatic rings. The van der Waals surface area contributed by atoms with Crippen molar-refractivity contribution in [3.05, 3.63) is 0 Å². The van der Waals surface area contributed by atoms with E-state index in [1.165, 1.54) is 7.11 Å². The van der Waals surface area contributed by atoms with Gasteiger partial charge in [-0.25, -0.2) is 4.79 Å². The zero-order valence-corrected chi connectivity index (χ0v) is 19.9. The van der Waals surface area contributed by atoms with Gasteiger partial charge in [0.15, 0.2) is 0 Å². The van der Waals surface area contributed by atoms with E-state index in [4.69, 9.17) is 14.2 Å². The molecule has 0 unspecified atom stereocenters. The van der Waals surface area contributed by atoms with Crippen LogP contribution in [0, 0.1) is 17.8 Å². The summed E-state index contributed by atoms with van der Waals surface area (Å²) in [6.07, 6.45) is -0.274. The molecular formula is C22H38N2O6. The number of rotatable bonds is 5. The van der Waals surface area contributed by atoms with Gasteiger partial charge in [0.25, 0.3) is 0 Å². The summed E-state index contributed by atoms with van der Waals surface area (Å²) in [5, 5.41) is 0. The molecule has 0 saturated carbocycles. The van der Waals surface area contributed by atoms with Crippen LogP contribution >= 0.6 is 0 Å². The van der Waals surface area contributed by atoms with E-state index in [1.807, 2.05) is 41.5 Å². The molecule has 172 valence electrons. The van der Waals surface area contributed by atoms with Crippen LogP contribution in [0.1, 0.15) is 61.8 Å². The fraction of sp³-hybridized carbons (Fsp3) is 0.864. The fourth-order valence-corrected chi connectivity index (χ4v) is 4.59. The van der Waals surface area contributed by atoms with Gasteiger partial charge in [-0.2, -0.15) is 0 Å². The molecule has 0 aromatic heterocycles. The molecule has 2 amide bonds. The first-order chi connectivity index (χ1) is 13.7. The minimum absolute atomic E-state index is 0.241. The SMILES string of the molecule is CCN1C[C@@H]([C@@H]2OC(C)(C)N(C(=O)OC(C)(C)C)[C@H]2CC(C)C)[C@H](C(=O)OC)C1=O. The molecule has 2 fully saturated rings. The number of carbonyl (C=O) groups is 3. The molecule has 4 atom stereocenters. The highest BCUT2D eigenvalue weighted by molar-refractivity contribution is 5.99. The van der Waals surface area contributed by atoms with Crippen molar-refractivity contribution in [2.75, 3.05) is 20.2 Å². The van der Waals surface area contributed by atoms with Crippen LogP contribution in [0.4, 0.5) is 4.79 Å². The number of methoxy groups -OCH3 is 1. The number of hydrogen-bond donors (Lipinski definition) is 0. The first-order valence-electron chi connectivity index (χ1n) is 10.8. The van der Waals surface area contributed by atoms with Crippen LogP contribution in [0.2, 0.25) is 0 Å². The lowest BCUT2D eigenvalue weighted by molar-refractivity contribution is -0.154. The maximum absolute atomic E-state index is 13.1. The second kappa shape index (κ2) is 8.73. The summed E-state index contributed by atoms with van der Waals surface area (Å²) in [4.78, 5) is 41.8. The third-order valence-electron chi connectivity index (χ3n) is 5.71. The smallest absolute Gasteiger partial charge is 0.412 e. The number of nitrogens with zero attached hydrogens (tertiary/aromatic N) is 2. The second-order valence-corrected chi connectivity index (χ2v) is 10.1. The molecule has 2 rings (SSSR count). The molecule has 0 aliphatic carbocycles. The Hall–Kier alpha value is -1.83. The van der Waals surface area contributed by atoms with Gasteiger partial charge in [0.2, 0.25) is 5.91 Å². The maximum atomic E-state index is 13.1. The first kappa shape index (κ1) is 24.4. The Morgan fingerprint density at radius 2 is 1.87 bits per heavy atom. The number of likely N-dealkylation sites (tertiary alicyclic amines) is 1. The molecule has 0 bridgehead atoms. The van der Waals surface area contributed by atoms with Crippen LogP contribution < -0.4 is 0 Å². The van der Waals surface area contributed by atoms with E-state index in [9.17, 15) is 14.4 Å². The Bertz CT molecular complexity index is 669. The Kier molecular flexibility index (Phi) is 7.11. The monoisotopic (exact) mass is 426 g/mol. The number of esters is 1. The number of amides is 2. The van der Waals surface area contributed by atoms with Crippen LogP contribution in [-0.4, -0.2) is 71.4 Å². The summed E-state index contributed by atoms with van der Waals surface area (Å²) in [6, 6.07) is -0.323. The Morgan fingerprint density at radius 1 is 1.27 bits per heavy atom. The maximum Gasteiger partial charge on any atom is 0.412 e. The molecule has 8 nitrogen and oxygen atoms in total. The molecule has 0 radical (unpaired) electrons. The molecule has 0 spiro atoms. The van der Waals surface area contributed by atoms with Crippen molar-refractivity contribution < 1.29 is 28.6 Å². The van der Waals surface area contributed by atoms with Crippen LogP contribution in [0.5, 0.6) is 0 Å². The summed E-state index contributed by atoms with van der Waals surface area (Å²) in [5.74, 6) is -1.85. The highest BCUT2D eigenvalue weighted by Gasteiger charge is 2.59. The minimum Gasteiger partial charge on any atom is -0.468 e. The van der Waals surface area contributed by atoms with Crippen molar-refractivity contribution in [2.24, 2.45) is 17.8 Å². The van der Waals surface area contributed by atoms with E-state index in [-0.39, 0.29) is 17.9 Å². The van der Waals surface area contributed by atoms with Crippen LogP contribution in [0.3, 0.4) is 0 Å². The summed E-state index contributed by atoms with van der Waals surface area (Å²) in [6.45, 7) is 16.1. The summed E-state index contributed by atoms with van der Waals surface area (Å²) in [7, 11) is 1.29. The molecular weight excluding hydrogens is 388 g/mol. The van der Waals surface area contributed by atoms with Gasteiger partial charge < -0.3 is 19.1 Å². The standard InChI is InChI=1S/C22H38N2O6/c1-10-23-12-14(16(18(23)25)19(26)28-9)17-15(11-13(2)3)24(22(7,8)29-17)20(27)30-21(4,5)6/h13-17H,10-12H2,1-9H3/t14-,15+,16+,17+/m1/s1. The molecule has 2 heterocycles. The molecule has 2 aliphatic rings. The number of carbonyl (C=O) groups excluding carboxylic acids is 3. The van der Waals surface area contributed by atoms with Crippen molar-refractivity contribution >= 4 is 18.0 Å². The van der Waals surface area contributed by atoms with E-state index in [1.54, 1.807) is 9.80 Å². The Morgan fingerprint density at radius 3 is 2.33 bits per heavy atom. The van der Waals surface area contributed by atoms with Gasteiger partial charge in [-0.3, -0.25) is 14.5 Å². The van der Waals surface area contributed by atoms with Gasteiger partial charge in [-0.05, 0) is 53.9 Å². The lowest BCUT2D eigenvalue weighted by Crippen LogP contribution is -2.51. The van der Waals surface area contributed by atoms with Crippen molar-refractivity contribution in [2.45, 2.75) is 85.3 Å². The largest absolute Gasteiger partial charge is 0.468 e. The van der Waals surface area contributed by atoms with Gasteiger partial charge >= 0.3 is 12.1 Å². The van der Waals surface area contributed by atoms with E-state index < -0.39 is 41.3 Å². The number of hydrogen-bond acceptors (Lipinski definition) is 6. The van der Waals surface area contributed by atoms with E-state index >= 15 is 0 Å². The zero-order valence-electron chi connectivity index (χ0n) is 19.9. The zero-order chi connectivity index (χ0) is 23.0. The lowest BCUT2D eigenvalue weighted by Gasteiger charge is -2.36. The predicted octanol–water partition coefficient (Wildman–Crippen LogP) is 3.04. The van der Waals surface area contributed by atoms with Crippen molar-refractivity contribution in [1.82, 2.24) is 9.80 Å². The van der Waals surface area contributed by atoms with E-state index in [0.29, 0.717) is 19.5 Å². The highest BCUT2D eigenvalue weighted by atomic mass is 16.6. The average Bonchev–Trinajstić information content (AvgIpc) is 3.05. The summed E-state index contributed by atoms with van der Waals surface area (Å²) < 4.78 is 17.0. The van der Waals surface area contributed by atoms with Gasteiger partial charge in [-0.1, -0.05) is 13.8 Å². The highest BCUT2D eigenvalue weighted by Crippen LogP contribution is 2.43. The molecule has 0 aromatic carbocycles. The third-order valence-corrected chi connectivity index (χ3v) is 5.71. The van der Waals surface area contributed by atoms with E-state index in [0.717, 1.165) is 0 Å². The van der Waals surface area contributed by atoms with Crippen molar-refractivity contribution in [3.8, 4) is 0 Å². The fourth-order valence-electron chi connectivity index (χ4n) is 4.59. The molecule has 8 heteroatoms. The van der Waals surface area contributed by atoms with Gasteiger partial charge in [0.1, 0.15) is 17.2 Å². The van der Waals surface area contributed by atoms with E-state index in [2.05, 4.69) is 13.8 Å². The summed E-state index contributed by atoms with van der Waals surface area (Å²) >= 11 is 0. The average molecular weight is 427 g/mol. The quantitative estimate of drug-likeness (QED) is 0.496. The van der Waals surface area contributed by atoms with Crippen molar-refractivity contribution in [3.63, 3.8) is 0 Å². The minimum atomic E-state index is -0.935. The van der Waals surface area contributed by atoms with Gasteiger partial charge in [0.05, 0.1) is 19.3 Å². The predicted molar refractivity (Wildman–Crippen MR) is 112 cm³/mol. The van der Waals surface area contributed by atoms with Crippen LogP contribution in [0.15, 0.2) is 0 Å². The Labute approximate surface area is 180 Å². The van der Waals surface area contributed by atoms with Crippen LogP contribution in [0.25, 0.3) is 0 Å². The van der Waals surface area contributed by atoms with Gasteiger partial charge in [-0.15, -0.1) is 0 Å². The Balaban J connectivity index is 2.45. The molecule has 2 saturated heterocycles. The van der Waals surface area contributed by atoms with Gasteiger partial charge in [0, 0.05) is 19.0 Å². The topological polar surface area (TPSA) is 85.4 Å². The molecule has 0 N–H and O–H groups in total. The summed E-state index contributed by atoms with van der Waals surface area (Å²) in [5.41, 5.74) is -1.58. The first-order valence-corrected chi connectivity index (χ1v) is 10.8. The lowest BCUT2D eigenvalue weighted by atomic mass is 9.84.